The number of aromatic nitrogens is 2. The van der Waals surface area contributed by atoms with E-state index in [2.05, 4.69) is 30.0 Å². The average molecular weight is 460 g/mol. The van der Waals surface area contributed by atoms with Crippen molar-refractivity contribution in [2.24, 2.45) is 11.8 Å². The molecule has 0 unspecified atom stereocenters. The predicted octanol–water partition coefficient (Wildman–Crippen LogP) is 6.99. The summed E-state index contributed by atoms with van der Waals surface area (Å²) in [4.78, 5) is 12.7. The quantitative estimate of drug-likeness (QED) is 0.446. The normalized spacial score (nSPS) is 19.0. The minimum absolute atomic E-state index is 0.282. The van der Waals surface area contributed by atoms with Gasteiger partial charge in [0.1, 0.15) is 5.75 Å². The highest BCUT2D eigenvalue weighted by molar-refractivity contribution is 6.42. The fraction of sp³-hybridized carbons (Fsp3) is 0.417. The molecule has 1 saturated carbocycles. The number of fused-ring (bicyclic) bond motifs is 1. The first-order chi connectivity index (χ1) is 14.9. The van der Waals surface area contributed by atoms with Crippen molar-refractivity contribution in [2.75, 3.05) is 12.4 Å². The lowest BCUT2D eigenvalue weighted by atomic mass is 9.80. The van der Waals surface area contributed by atoms with E-state index in [4.69, 9.17) is 33.0 Å². The summed E-state index contributed by atoms with van der Waals surface area (Å²) < 4.78 is 7.61. The van der Waals surface area contributed by atoms with E-state index in [1.165, 1.54) is 12.8 Å². The van der Waals surface area contributed by atoms with Crippen LogP contribution < -0.4 is 10.1 Å². The highest BCUT2D eigenvalue weighted by Gasteiger charge is 2.25. The maximum absolute atomic E-state index is 12.7. The molecule has 7 heteroatoms. The highest BCUT2D eigenvalue weighted by Crippen LogP contribution is 2.37. The Morgan fingerprint density at radius 1 is 1.13 bits per heavy atom. The Morgan fingerprint density at radius 2 is 1.87 bits per heavy atom. The number of halogens is 2. The third-order valence-electron chi connectivity index (χ3n) is 6.33. The molecule has 0 bridgehead atoms. The predicted molar refractivity (Wildman–Crippen MR) is 127 cm³/mol. The number of carbonyl (C=O) groups is 1. The Kier molecular flexibility index (Phi) is 6.44. The molecule has 0 aliphatic heterocycles. The zero-order valence-corrected chi connectivity index (χ0v) is 19.5. The molecule has 0 spiro atoms. The van der Waals surface area contributed by atoms with Crippen molar-refractivity contribution in [3.05, 3.63) is 52.1 Å². The van der Waals surface area contributed by atoms with Crippen LogP contribution in [0.4, 0.5) is 5.69 Å². The minimum Gasteiger partial charge on any atom is -0.494 e. The summed E-state index contributed by atoms with van der Waals surface area (Å²) in [5, 5.41) is 9.44. The van der Waals surface area contributed by atoms with E-state index in [0.717, 1.165) is 35.6 Å². The number of carbonyl (C=O) groups excluding carboxylic acids is 1. The first-order valence-electron chi connectivity index (χ1n) is 10.7. The van der Waals surface area contributed by atoms with Gasteiger partial charge in [-0.05, 0) is 61.8 Å². The van der Waals surface area contributed by atoms with E-state index in [-0.39, 0.29) is 5.91 Å². The molecule has 164 valence electrons. The highest BCUT2D eigenvalue weighted by atomic mass is 35.5. The van der Waals surface area contributed by atoms with Crippen molar-refractivity contribution in [1.29, 1.82) is 0 Å². The number of hydrogen-bond acceptors (Lipinski definition) is 3. The number of amides is 1. The van der Waals surface area contributed by atoms with Gasteiger partial charge in [0.2, 0.25) is 0 Å². The molecule has 0 atom stereocenters. The molecule has 4 rings (SSSR count). The Morgan fingerprint density at radius 3 is 2.52 bits per heavy atom. The monoisotopic (exact) mass is 459 g/mol. The zero-order valence-electron chi connectivity index (χ0n) is 18.0. The largest absolute Gasteiger partial charge is 0.494 e. The summed E-state index contributed by atoms with van der Waals surface area (Å²) in [5.74, 6) is 1.83. The van der Waals surface area contributed by atoms with Crippen molar-refractivity contribution in [1.82, 2.24) is 9.78 Å². The molecule has 1 heterocycles. The van der Waals surface area contributed by atoms with Gasteiger partial charge in [0, 0.05) is 23.2 Å². The summed E-state index contributed by atoms with van der Waals surface area (Å²) in [7, 11) is 1.58. The molecule has 31 heavy (non-hydrogen) atoms. The summed E-state index contributed by atoms with van der Waals surface area (Å²) in [6.45, 7) is 4.63. The van der Waals surface area contributed by atoms with Gasteiger partial charge < -0.3 is 10.1 Å². The van der Waals surface area contributed by atoms with Crippen molar-refractivity contribution >= 4 is 45.7 Å². The van der Waals surface area contributed by atoms with Crippen molar-refractivity contribution in [3.63, 3.8) is 0 Å². The fourth-order valence-corrected chi connectivity index (χ4v) is 4.69. The van der Waals surface area contributed by atoms with Gasteiger partial charge in [0.25, 0.3) is 5.91 Å². The Labute approximate surface area is 192 Å². The van der Waals surface area contributed by atoms with Crippen LogP contribution in [0.1, 0.15) is 55.9 Å². The number of methoxy groups -OCH3 is 1. The molecule has 1 N–H and O–H groups in total. The van der Waals surface area contributed by atoms with Crippen LogP contribution in [0.5, 0.6) is 5.75 Å². The molecule has 0 radical (unpaired) electrons. The molecule has 2 aromatic carbocycles. The fourth-order valence-electron chi connectivity index (χ4n) is 4.39. The Hall–Kier alpha value is -2.24. The number of benzene rings is 2. The van der Waals surface area contributed by atoms with Crippen molar-refractivity contribution in [2.45, 2.75) is 45.6 Å². The van der Waals surface area contributed by atoms with E-state index in [9.17, 15) is 4.79 Å². The molecular formula is C24H27Cl2N3O2. The molecule has 1 aliphatic carbocycles. The van der Waals surface area contributed by atoms with Crippen LogP contribution in [-0.4, -0.2) is 22.8 Å². The van der Waals surface area contributed by atoms with Crippen LogP contribution in [0.15, 0.2) is 36.5 Å². The average Bonchev–Trinajstić information content (AvgIpc) is 3.18. The summed E-state index contributed by atoms with van der Waals surface area (Å²) in [5.41, 5.74) is 1.87. The van der Waals surface area contributed by atoms with Gasteiger partial charge in [-0.15, -0.1) is 0 Å². The number of hydrogen-bond donors (Lipinski definition) is 1. The van der Waals surface area contributed by atoms with Gasteiger partial charge >= 0.3 is 0 Å². The third kappa shape index (κ3) is 4.68. The first-order valence-corrected chi connectivity index (χ1v) is 11.4. The van der Waals surface area contributed by atoms with Gasteiger partial charge in [-0.3, -0.25) is 9.48 Å². The lowest BCUT2D eigenvalue weighted by molar-refractivity contribution is 0.102. The van der Waals surface area contributed by atoms with Gasteiger partial charge in [-0.25, -0.2) is 0 Å². The van der Waals surface area contributed by atoms with Gasteiger partial charge in [-0.1, -0.05) is 37.0 Å². The molecule has 5 nitrogen and oxygen atoms in total. The maximum atomic E-state index is 12.7. The van der Waals surface area contributed by atoms with Crippen LogP contribution in [0, 0.1) is 11.8 Å². The second kappa shape index (κ2) is 9.09. The van der Waals surface area contributed by atoms with E-state index in [1.807, 2.05) is 12.1 Å². The molecule has 3 aromatic rings. The first kappa shape index (κ1) is 22.0. The van der Waals surface area contributed by atoms with Crippen LogP contribution >= 0.6 is 23.2 Å². The van der Waals surface area contributed by atoms with E-state index < -0.39 is 0 Å². The number of ether oxygens (including phenoxy) is 1. The third-order valence-corrected chi connectivity index (χ3v) is 7.07. The lowest BCUT2D eigenvalue weighted by Gasteiger charge is -2.30. The molecule has 1 fully saturated rings. The number of nitrogens with zero attached hydrogens (tertiary/aromatic N) is 2. The van der Waals surface area contributed by atoms with Crippen LogP contribution in [0.25, 0.3) is 10.9 Å². The van der Waals surface area contributed by atoms with Crippen molar-refractivity contribution in [3.8, 4) is 5.75 Å². The standard InChI is InChI=1S/C24H27Cl2N3O2/c1-14(2)15-4-7-18(8-5-15)29-13-17-11-22(23(31-3)12-21(17)28-29)27-24(30)16-6-9-19(25)20(26)10-16/h6,9-15,18H,4-5,7-8H2,1-3H3,(H,27,30). The summed E-state index contributed by atoms with van der Waals surface area (Å²) >= 11 is 12.0. The minimum atomic E-state index is -0.282. The molecule has 0 saturated heterocycles. The second-order valence-corrected chi connectivity index (χ2v) is 9.43. The number of nitrogens with one attached hydrogen (secondary N) is 1. The zero-order chi connectivity index (χ0) is 22.1. The second-order valence-electron chi connectivity index (χ2n) is 8.62. The summed E-state index contributed by atoms with van der Waals surface area (Å²) in [6.07, 6.45) is 6.85. The maximum Gasteiger partial charge on any atom is 0.255 e. The lowest BCUT2D eigenvalue weighted by Crippen LogP contribution is -2.21. The topological polar surface area (TPSA) is 56.1 Å². The van der Waals surface area contributed by atoms with Crippen molar-refractivity contribution < 1.29 is 9.53 Å². The smallest absolute Gasteiger partial charge is 0.255 e. The van der Waals surface area contributed by atoms with E-state index in [0.29, 0.717) is 33.1 Å². The van der Waals surface area contributed by atoms with Gasteiger partial charge in [0.05, 0.1) is 34.4 Å². The number of rotatable bonds is 5. The van der Waals surface area contributed by atoms with Crippen LogP contribution in [0.3, 0.4) is 0 Å². The Bertz CT molecular complexity index is 1100. The molecule has 1 amide bonds. The Balaban J connectivity index is 1.57. The molecular weight excluding hydrogens is 433 g/mol. The number of anilines is 1. The van der Waals surface area contributed by atoms with E-state index >= 15 is 0 Å². The molecule has 1 aromatic heterocycles. The SMILES string of the molecule is COc1cc2nn(C3CCC(C(C)C)CC3)cc2cc1NC(=O)c1ccc(Cl)c(Cl)c1. The van der Waals surface area contributed by atoms with Gasteiger partial charge in [-0.2, -0.15) is 5.10 Å². The van der Waals surface area contributed by atoms with Gasteiger partial charge in [0.15, 0.2) is 0 Å². The van der Waals surface area contributed by atoms with Crippen LogP contribution in [-0.2, 0) is 0 Å². The summed E-state index contributed by atoms with van der Waals surface area (Å²) in [6, 6.07) is 9.00. The van der Waals surface area contributed by atoms with Crippen LogP contribution in [0.2, 0.25) is 10.0 Å². The van der Waals surface area contributed by atoms with E-state index in [1.54, 1.807) is 25.3 Å². The molecule has 1 aliphatic rings.